The van der Waals surface area contributed by atoms with Crippen LogP contribution in [0.1, 0.15) is 27.7 Å². The van der Waals surface area contributed by atoms with Gasteiger partial charge in [-0.05, 0) is 6.92 Å². The smallest absolute Gasteiger partial charge is 0.449 e. The molecule has 0 atom stereocenters. The summed E-state index contributed by atoms with van der Waals surface area (Å²) in [6.45, 7) is 5.89. The van der Waals surface area contributed by atoms with Crippen LogP contribution in [0.2, 0.25) is 0 Å². The predicted molar refractivity (Wildman–Crippen MR) is 77.1 cm³/mol. The van der Waals surface area contributed by atoms with Gasteiger partial charge in [0.25, 0.3) is 0 Å². The second-order valence-corrected chi connectivity index (χ2v) is 6.37. The van der Waals surface area contributed by atoms with Gasteiger partial charge in [-0.1, -0.05) is 20.4 Å². The average Bonchev–Trinajstić information content (AvgIpc) is 2.45. The zero-order chi connectivity index (χ0) is 21.8. The van der Waals surface area contributed by atoms with Gasteiger partial charge in [-0.3, -0.25) is 4.79 Å². The van der Waals surface area contributed by atoms with Gasteiger partial charge in [-0.15, -0.1) is 0 Å². The van der Waals surface area contributed by atoms with Crippen LogP contribution in [0.15, 0.2) is 12.2 Å². The highest BCUT2D eigenvalue weighted by Gasteiger charge is 2.80. The van der Waals surface area contributed by atoms with Gasteiger partial charge in [-0.25, -0.2) is 9.59 Å². The lowest BCUT2D eigenvalue weighted by atomic mass is 9.96. The molecule has 0 radical (unpaired) electrons. The Morgan fingerprint density at radius 1 is 0.852 bits per heavy atom. The number of esters is 3. The summed E-state index contributed by atoms with van der Waals surface area (Å²) < 4.78 is 90.6. The van der Waals surface area contributed by atoms with Crippen molar-refractivity contribution in [3.63, 3.8) is 0 Å². The highest BCUT2D eigenvalue weighted by atomic mass is 19.4. The Bertz CT molecular complexity index is 591. The second kappa shape index (κ2) is 8.17. The molecule has 0 fully saturated rings. The molecule has 0 heterocycles. The van der Waals surface area contributed by atoms with Crippen LogP contribution in [0.3, 0.4) is 0 Å². The van der Waals surface area contributed by atoms with Crippen molar-refractivity contribution in [1.82, 2.24) is 0 Å². The number of carbonyl (C=O) groups excluding carboxylic acids is 3. The third-order valence-corrected chi connectivity index (χ3v) is 2.92. The number of rotatable bonds is 7. The zero-order valence-corrected chi connectivity index (χ0v) is 14.8. The molecule has 6 nitrogen and oxygen atoms in total. The fourth-order valence-electron chi connectivity index (χ4n) is 1.55. The number of carbonyl (C=O) groups is 3. The standard InChI is InChI=1S/C15H18F6O6/c1-8(2)10(23)25-6-12(4,5)7-26-11(24)13(14(16,17)18,15(19,20)21)27-9(3)22/h1,6-7H2,2-5H3. The Labute approximate surface area is 150 Å². The minimum Gasteiger partial charge on any atom is -0.462 e. The lowest BCUT2D eigenvalue weighted by molar-refractivity contribution is -0.359. The molecular formula is C15H18F6O6. The quantitative estimate of drug-likeness (QED) is 0.279. The molecule has 0 aliphatic heterocycles. The Balaban J connectivity index is 5.51. The van der Waals surface area contributed by atoms with Crippen LogP contribution in [0, 0.1) is 5.41 Å². The third kappa shape index (κ3) is 6.14. The van der Waals surface area contributed by atoms with Crippen LogP contribution >= 0.6 is 0 Å². The first kappa shape index (κ1) is 24.7. The number of ether oxygens (including phenoxy) is 3. The van der Waals surface area contributed by atoms with Gasteiger partial charge < -0.3 is 14.2 Å². The van der Waals surface area contributed by atoms with Crippen LogP contribution in [0.25, 0.3) is 0 Å². The van der Waals surface area contributed by atoms with E-state index in [4.69, 9.17) is 4.74 Å². The monoisotopic (exact) mass is 408 g/mol. The molecule has 0 aromatic carbocycles. The molecule has 0 aliphatic carbocycles. The Kier molecular flexibility index (Phi) is 7.49. The molecule has 0 saturated heterocycles. The normalized spacial score (nSPS) is 13.0. The van der Waals surface area contributed by atoms with E-state index < -0.39 is 54.5 Å². The molecule has 0 unspecified atom stereocenters. The lowest BCUT2D eigenvalue weighted by Gasteiger charge is -2.34. The first-order valence-corrected chi connectivity index (χ1v) is 7.20. The van der Waals surface area contributed by atoms with Crippen molar-refractivity contribution >= 4 is 17.9 Å². The van der Waals surface area contributed by atoms with Crippen LogP contribution in [0.4, 0.5) is 26.3 Å². The number of halogens is 6. The lowest BCUT2D eigenvalue weighted by Crippen LogP contribution is -2.65. The number of hydrogen-bond acceptors (Lipinski definition) is 6. The SMILES string of the molecule is C=C(C)C(=O)OCC(C)(C)COC(=O)C(OC(C)=O)(C(F)(F)F)C(F)(F)F. The minimum atomic E-state index is -6.33. The van der Waals surface area contributed by atoms with Gasteiger partial charge >= 0.3 is 35.9 Å². The first-order valence-electron chi connectivity index (χ1n) is 7.20. The predicted octanol–water partition coefficient (Wildman–Crippen LogP) is 3.10. The van der Waals surface area contributed by atoms with E-state index in [1.807, 2.05) is 0 Å². The van der Waals surface area contributed by atoms with Gasteiger partial charge in [0.15, 0.2) is 0 Å². The van der Waals surface area contributed by atoms with Crippen molar-refractivity contribution in [2.24, 2.45) is 5.41 Å². The van der Waals surface area contributed by atoms with Crippen LogP contribution in [0.5, 0.6) is 0 Å². The van der Waals surface area contributed by atoms with Crippen molar-refractivity contribution in [2.45, 2.75) is 45.6 Å². The minimum absolute atomic E-state index is 0.00538. The summed E-state index contributed by atoms with van der Waals surface area (Å²) in [5, 5.41) is 0. The fourth-order valence-corrected chi connectivity index (χ4v) is 1.55. The van der Waals surface area contributed by atoms with E-state index >= 15 is 0 Å². The second-order valence-electron chi connectivity index (χ2n) is 6.37. The molecular weight excluding hydrogens is 390 g/mol. The summed E-state index contributed by atoms with van der Waals surface area (Å²) in [4.78, 5) is 33.8. The maximum atomic E-state index is 13.1. The molecule has 0 saturated carbocycles. The average molecular weight is 408 g/mol. The maximum absolute atomic E-state index is 13.1. The van der Waals surface area contributed by atoms with Gasteiger partial charge in [0.05, 0.1) is 13.2 Å². The third-order valence-electron chi connectivity index (χ3n) is 2.92. The topological polar surface area (TPSA) is 78.9 Å². The summed E-state index contributed by atoms with van der Waals surface area (Å²) in [5.41, 5.74) is -6.82. The van der Waals surface area contributed by atoms with Crippen molar-refractivity contribution in [1.29, 1.82) is 0 Å². The summed E-state index contributed by atoms with van der Waals surface area (Å²) in [5.74, 6) is -5.71. The molecule has 156 valence electrons. The number of alkyl halides is 6. The highest BCUT2D eigenvalue weighted by Crippen LogP contribution is 2.47. The van der Waals surface area contributed by atoms with Gasteiger partial charge in [0, 0.05) is 17.9 Å². The molecule has 0 aliphatic rings. The van der Waals surface area contributed by atoms with Gasteiger partial charge in [0.1, 0.15) is 0 Å². The molecule has 0 aromatic heterocycles. The molecule has 12 heteroatoms. The summed E-state index contributed by atoms with van der Waals surface area (Å²) >= 11 is 0. The molecule has 0 aromatic rings. The van der Waals surface area contributed by atoms with Crippen molar-refractivity contribution in [3.8, 4) is 0 Å². The van der Waals surface area contributed by atoms with Gasteiger partial charge in [0.2, 0.25) is 0 Å². The Morgan fingerprint density at radius 2 is 1.26 bits per heavy atom. The van der Waals surface area contributed by atoms with Crippen LogP contribution < -0.4 is 0 Å². The van der Waals surface area contributed by atoms with E-state index in [0.717, 1.165) is 0 Å². The van der Waals surface area contributed by atoms with Crippen LogP contribution in [-0.2, 0) is 28.6 Å². The van der Waals surface area contributed by atoms with E-state index in [9.17, 15) is 40.7 Å². The summed E-state index contributed by atoms with van der Waals surface area (Å²) in [7, 11) is 0. The molecule has 0 N–H and O–H groups in total. The van der Waals surface area contributed by atoms with E-state index in [2.05, 4.69) is 16.1 Å². The molecule has 0 rings (SSSR count). The van der Waals surface area contributed by atoms with Crippen molar-refractivity contribution in [3.05, 3.63) is 12.2 Å². The summed E-state index contributed by atoms with van der Waals surface area (Å²) in [6, 6.07) is 0. The van der Waals surface area contributed by atoms with Crippen molar-refractivity contribution in [2.75, 3.05) is 13.2 Å². The largest absolute Gasteiger partial charge is 0.462 e. The summed E-state index contributed by atoms with van der Waals surface area (Å²) in [6.07, 6.45) is -12.7. The molecule has 0 bridgehead atoms. The fraction of sp³-hybridized carbons (Fsp3) is 0.667. The van der Waals surface area contributed by atoms with Gasteiger partial charge in [-0.2, -0.15) is 26.3 Å². The molecule has 0 spiro atoms. The molecule has 27 heavy (non-hydrogen) atoms. The zero-order valence-electron chi connectivity index (χ0n) is 14.8. The maximum Gasteiger partial charge on any atom is 0.449 e. The van der Waals surface area contributed by atoms with E-state index in [1.54, 1.807) is 0 Å². The Morgan fingerprint density at radius 3 is 1.59 bits per heavy atom. The first-order chi connectivity index (χ1) is 11.9. The highest BCUT2D eigenvalue weighted by molar-refractivity contribution is 5.87. The van der Waals surface area contributed by atoms with Crippen molar-refractivity contribution < 1.29 is 54.9 Å². The van der Waals surface area contributed by atoms with E-state index in [-0.39, 0.29) is 12.5 Å². The van der Waals surface area contributed by atoms with E-state index in [1.165, 1.54) is 20.8 Å². The van der Waals surface area contributed by atoms with E-state index in [0.29, 0.717) is 0 Å². The molecule has 0 amide bonds. The number of hydrogen-bond donors (Lipinski definition) is 0. The Hall–Kier alpha value is -2.27. The van der Waals surface area contributed by atoms with Crippen LogP contribution in [-0.4, -0.2) is 49.1 Å².